The second-order valence-electron chi connectivity index (χ2n) is 10.6. The predicted molar refractivity (Wildman–Crippen MR) is 158 cm³/mol. The van der Waals surface area contributed by atoms with Crippen LogP contribution < -0.4 is 10.0 Å². The Morgan fingerprint density at radius 2 is 2.00 bits per heavy atom. The number of nitrogens with one attached hydrogen (secondary N) is 2. The summed E-state index contributed by atoms with van der Waals surface area (Å²) in [4.78, 5) is 22.8. The third-order valence-corrected chi connectivity index (χ3v) is 7.93. The van der Waals surface area contributed by atoms with Gasteiger partial charge >= 0.3 is 0 Å². The van der Waals surface area contributed by atoms with Gasteiger partial charge in [0.2, 0.25) is 10.0 Å². The molecule has 12 heteroatoms. The number of hydrazone groups is 1. The Hall–Kier alpha value is -2.89. The van der Waals surface area contributed by atoms with Crippen LogP contribution in [0.2, 0.25) is 5.02 Å². The SMILES string of the molecule is C=NN1C=C(C)C(N2CC(C)NC(C)C2)=N/C1=C/CC1CCCCN1C(=O)c1cc(Cl)ccc1NS(C)(=O)=O. The van der Waals surface area contributed by atoms with E-state index in [-0.39, 0.29) is 23.2 Å². The Balaban J connectivity index is 1.59. The molecule has 0 bridgehead atoms. The number of carbonyl (C=O) groups excluding carboxylic acids is 1. The molecule has 0 aromatic heterocycles. The van der Waals surface area contributed by atoms with E-state index in [1.807, 2.05) is 24.1 Å². The fourth-order valence-corrected chi connectivity index (χ4v) is 6.27. The van der Waals surface area contributed by atoms with Crippen LogP contribution in [0.15, 0.2) is 52.0 Å². The highest BCUT2D eigenvalue weighted by molar-refractivity contribution is 7.92. The van der Waals surface area contributed by atoms with Gasteiger partial charge in [-0.3, -0.25) is 9.52 Å². The van der Waals surface area contributed by atoms with E-state index in [1.54, 1.807) is 11.1 Å². The summed E-state index contributed by atoms with van der Waals surface area (Å²) in [5.41, 5.74) is 1.47. The molecular formula is C27H38ClN7O3S. The summed E-state index contributed by atoms with van der Waals surface area (Å²) in [7, 11) is -3.57. The number of sulfonamides is 1. The van der Waals surface area contributed by atoms with Gasteiger partial charge in [-0.2, -0.15) is 5.10 Å². The van der Waals surface area contributed by atoms with Crippen molar-refractivity contribution in [3.05, 3.63) is 52.5 Å². The first-order valence-electron chi connectivity index (χ1n) is 13.3. The highest BCUT2D eigenvalue weighted by Gasteiger charge is 2.30. The average Bonchev–Trinajstić information content (AvgIpc) is 2.87. The van der Waals surface area contributed by atoms with Gasteiger partial charge in [-0.15, -0.1) is 0 Å². The number of benzene rings is 1. The van der Waals surface area contributed by atoms with E-state index in [1.165, 1.54) is 12.1 Å². The fourth-order valence-electron chi connectivity index (χ4n) is 5.52. The average molecular weight is 576 g/mol. The fraction of sp³-hybridized carbons (Fsp3) is 0.519. The second kappa shape index (κ2) is 12.1. The van der Waals surface area contributed by atoms with Crippen molar-refractivity contribution in [3.63, 3.8) is 0 Å². The number of amides is 1. The highest BCUT2D eigenvalue weighted by Crippen LogP contribution is 2.29. The van der Waals surface area contributed by atoms with Gasteiger partial charge < -0.3 is 15.1 Å². The Morgan fingerprint density at radius 3 is 2.67 bits per heavy atom. The monoisotopic (exact) mass is 575 g/mol. The van der Waals surface area contributed by atoms with Crippen LogP contribution in [0.4, 0.5) is 5.69 Å². The Morgan fingerprint density at radius 1 is 1.28 bits per heavy atom. The van der Waals surface area contributed by atoms with E-state index < -0.39 is 10.0 Å². The maximum atomic E-state index is 13.7. The van der Waals surface area contributed by atoms with Crippen molar-refractivity contribution in [1.82, 2.24) is 20.1 Å². The number of piperidine rings is 1. The van der Waals surface area contributed by atoms with Crippen molar-refractivity contribution in [3.8, 4) is 0 Å². The zero-order valence-corrected chi connectivity index (χ0v) is 24.6. The number of amidine groups is 1. The van der Waals surface area contributed by atoms with Gasteiger partial charge in [0.05, 0.1) is 17.5 Å². The van der Waals surface area contributed by atoms with E-state index in [9.17, 15) is 13.2 Å². The molecule has 4 rings (SSSR count). The maximum absolute atomic E-state index is 13.7. The lowest BCUT2D eigenvalue weighted by Gasteiger charge is -2.39. The van der Waals surface area contributed by atoms with Crippen molar-refractivity contribution < 1.29 is 13.2 Å². The molecule has 1 aromatic rings. The van der Waals surface area contributed by atoms with Crippen LogP contribution >= 0.6 is 11.6 Å². The third kappa shape index (κ3) is 7.20. The van der Waals surface area contributed by atoms with Crippen molar-refractivity contribution in [1.29, 1.82) is 0 Å². The molecular weight excluding hydrogens is 538 g/mol. The minimum absolute atomic E-state index is 0.0830. The molecule has 3 heterocycles. The van der Waals surface area contributed by atoms with Gasteiger partial charge in [0.25, 0.3) is 5.91 Å². The zero-order valence-electron chi connectivity index (χ0n) is 23.0. The molecule has 0 radical (unpaired) electrons. The van der Waals surface area contributed by atoms with Crippen LogP contribution in [-0.2, 0) is 10.0 Å². The molecule has 1 aromatic carbocycles. The summed E-state index contributed by atoms with van der Waals surface area (Å²) >= 11 is 6.20. The minimum atomic E-state index is -3.57. The Kier molecular flexibility index (Phi) is 9.03. The van der Waals surface area contributed by atoms with Gasteiger partial charge in [0, 0.05) is 61.3 Å². The first-order valence-corrected chi connectivity index (χ1v) is 15.5. The summed E-state index contributed by atoms with van der Waals surface area (Å²) in [6, 6.07) is 5.22. The molecule has 0 aliphatic carbocycles. The lowest BCUT2D eigenvalue weighted by molar-refractivity contribution is 0.0617. The topological polar surface area (TPSA) is 110 Å². The molecule has 2 saturated heterocycles. The number of halogens is 1. The van der Waals surface area contributed by atoms with Gasteiger partial charge in [-0.25, -0.2) is 18.4 Å². The van der Waals surface area contributed by atoms with Gasteiger partial charge in [0.15, 0.2) is 5.82 Å². The standard InChI is InChI=1S/C27H38ClN7O3S/c1-18-15-35(29-4)25(31-26(18)33-16-19(2)30-20(3)17-33)12-10-22-8-6-7-13-34(22)27(36)23-14-21(28)9-11-24(23)32-39(5,37)38/h9,11-12,14-15,19-20,22,30,32H,4,6-8,10,13,16-17H2,1-3,5H3/b25-12-. The summed E-state index contributed by atoms with van der Waals surface area (Å²) in [5.74, 6) is 1.34. The van der Waals surface area contributed by atoms with Crippen LogP contribution in [0, 0.1) is 0 Å². The van der Waals surface area contributed by atoms with E-state index in [2.05, 4.69) is 40.6 Å². The molecule has 0 spiro atoms. The van der Waals surface area contributed by atoms with E-state index >= 15 is 0 Å². The first-order chi connectivity index (χ1) is 18.4. The number of hydrogen-bond donors (Lipinski definition) is 2. The molecule has 212 valence electrons. The molecule has 2 fully saturated rings. The molecule has 0 saturated carbocycles. The zero-order chi connectivity index (χ0) is 28.3. The molecule has 3 aliphatic heterocycles. The molecule has 3 atom stereocenters. The van der Waals surface area contributed by atoms with Crippen molar-refractivity contribution in [2.24, 2.45) is 10.1 Å². The molecule has 10 nitrogen and oxygen atoms in total. The largest absolute Gasteiger partial charge is 0.353 e. The quantitative estimate of drug-likeness (QED) is 0.499. The summed E-state index contributed by atoms with van der Waals surface area (Å²) in [6.07, 6.45) is 8.27. The maximum Gasteiger partial charge on any atom is 0.256 e. The van der Waals surface area contributed by atoms with E-state index in [4.69, 9.17) is 16.6 Å². The van der Waals surface area contributed by atoms with E-state index in [0.29, 0.717) is 35.9 Å². The molecule has 3 unspecified atom stereocenters. The highest BCUT2D eigenvalue weighted by atomic mass is 35.5. The smallest absolute Gasteiger partial charge is 0.256 e. The predicted octanol–water partition coefficient (Wildman–Crippen LogP) is 3.85. The number of likely N-dealkylation sites (tertiary alicyclic amines) is 1. The Labute approximate surface area is 236 Å². The van der Waals surface area contributed by atoms with Crippen molar-refractivity contribution in [2.75, 3.05) is 30.6 Å². The van der Waals surface area contributed by atoms with Crippen molar-refractivity contribution in [2.45, 2.75) is 64.6 Å². The van der Waals surface area contributed by atoms with Crippen LogP contribution in [-0.4, -0.2) is 85.7 Å². The van der Waals surface area contributed by atoms with Gasteiger partial charge in [-0.1, -0.05) is 11.6 Å². The number of nitrogens with zero attached hydrogens (tertiary/aromatic N) is 5. The molecule has 3 aliphatic rings. The molecule has 2 N–H and O–H groups in total. The number of carbonyl (C=O) groups is 1. The number of rotatable bonds is 6. The summed E-state index contributed by atoms with van der Waals surface area (Å²) in [5, 5.41) is 9.75. The Bertz CT molecular complexity index is 1300. The second-order valence-corrected chi connectivity index (χ2v) is 12.8. The van der Waals surface area contributed by atoms with Crippen LogP contribution in [0.25, 0.3) is 0 Å². The summed E-state index contributed by atoms with van der Waals surface area (Å²) < 4.78 is 26.3. The van der Waals surface area contributed by atoms with Gasteiger partial charge in [-0.05, 0) is 70.7 Å². The normalized spacial score (nSPS) is 25.3. The van der Waals surface area contributed by atoms with Gasteiger partial charge in [0.1, 0.15) is 5.84 Å². The number of aliphatic imine (C=N–C) groups is 1. The molecule has 39 heavy (non-hydrogen) atoms. The van der Waals surface area contributed by atoms with E-state index in [0.717, 1.165) is 50.0 Å². The van der Waals surface area contributed by atoms with Crippen LogP contribution in [0.5, 0.6) is 0 Å². The minimum Gasteiger partial charge on any atom is -0.353 e. The molecule has 1 amide bonds. The van der Waals surface area contributed by atoms with Crippen LogP contribution in [0.3, 0.4) is 0 Å². The lowest BCUT2D eigenvalue weighted by atomic mass is 9.97. The lowest BCUT2D eigenvalue weighted by Crippen LogP contribution is -2.56. The number of anilines is 1. The summed E-state index contributed by atoms with van der Waals surface area (Å²) in [6.45, 7) is 12.4. The van der Waals surface area contributed by atoms with Crippen molar-refractivity contribution >= 4 is 45.8 Å². The third-order valence-electron chi connectivity index (χ3n) is 7.10. The first kappa shape index (κ1) is 29.1. The number of piperazine rings is 1. The van der Waals surface area contributed by atoms with Crippen LogP contribution in [0.1, 0.15) is 56.8 Å². The number of hydrogen-bond acceptors (Lipinski definition) is 8.